The molecule has 0 atom stereocenters. The summed E-state index contributed by atoms with van der Waals surface area (Å²) in [6.45, 7) is 22.0. The second-order valence-electron chi connectivity index (χ2n) is 9.84. The van der Waals surface area contributed by atoms with Crippen molar-refractivity contribution in [1.29, 1.82) is 0 Å². The lowest BCUT2D eigenvalue weighted by molar-refractivity contribution is 0.0731. The van der Waals surface area contributed by atoms with Gasteiger partial charge >= 0.3 is 0 Å². The number of hydrogen-bond donors (Lipinski definition) is 2. The van der Waals surface area contributed by atoms with Crippen LogP contribution < -0.4 is 10.5 Å². The van der Waals surface area contributed by atoms with Crippen LogP contribution in [0.1, 0.15) is 51.9 Å². The molecule has 0 radical (unpaired) electrons. The highest BCUT2D eigenvalue weighted by atomic mass is 28.4. The number of amides is 1. The van der Waals surface area contributed by atoms with Crippen LogP contribution in [-0.2, 0) is 4.53 Å². The third kappa shape index (κ3) is 5.43. The SMILES string of the molecule is CC(C)(C)[Si](C)(C)Nc1ccccc1C(=O)NO[Si](C)(C)C(C)(C)C. The van der Waals surface area contributed by atoms with Gasteiger partial charge in [0.05, 0.1) is 5.56 Å². The molecule has 6 heteroatoms. The van der Waals surface area contributed by atoms with Gasteiger partial charge < -0.3 is 9.51 Å². The molecular formula is C19H36N2O2Si2. The zero-order chi connectivity index (χ0) is 19.7. The van der Waals surface area contributed by atoms with Crippen molar-refractivity contribution in [3.63, 3.8) is 0 Å². The Labute approximate surface area is 155 Å². The second kappa shape index (κ2) is 7.25. The Morgan fingerprint density at radius 3 is 1.92 bits per heavy atom. The average molecular weight is 381 g/mol. The summed E-state index contributed by atoms with van der Waals surface area (Å²) in [6, 6.07) is 7.67. The van der Waals surface area contributed by atoms with Crippen LogP contribution >= 0.6 is 0 Å². The van der Waals surface area contributed by atoms with Gasteiger partial charge in [-0.25, -0.2) is 5.48 Å². The second-order valence-corrected chi connectivity index (χ2v) is 19.6. The van der Waals surface area contributed by atoms with Gasteiger partial charge in [-0.3, -0.25) is 4.79 Å². The molecule has 0 aliphatic carbocycles. The van der Waals surface area contributed by atoms with Crippen molar-refractivity contribution in [3.8, 4) is 0 Å². The van der Waals surface area contributed by atoms with Gasteiger partial charge in [0.2, 0.25) is 8.32 Å². The van der Waals surface area contributed by atoms with Crippen LogP contribution in [0.25, 0.3) is 0 Å². The number of carbonyl (C=O) groups excluding carboxylic acids is 1. The number of rotatable bonds is 5. The van der Waals surface area contributed by atoms with Crippen molar-refractivity contribution >= 4 is 28.1 Å². The van der Waals surface area contributed by atoms with Crippen molar-refractivity contribution in [3.05, 3.63) is 29.8 Å². The molecule has 0 unspecified atom stereocenters. The Kier molecular flexibility index (Phi) is 6.36. The van der Waals surface area contributed by atoms with E-state index in [4.69, 9.17) is 4.53 Å². The van der Waals surface area contributed by atoms with Gasteiger partial charge in [-0.2, -0.15) is 0 Å². The molecule has 0 heterocycles. The molecule has 0 saturated carbocycles. The summed E-state index contributed by atoms with van der Waals surface area (Å²) in [4.78, 5) is 16.4. The van der Waals surface area contributed by atoms with E-state index in [1.54, 1.807) is 0 Å². The summed E-state index contributed by atoms with van der Waals surface area (Å²) >= 11 is 0. The first-order valence-electron chi connectivity index (χ1n) is 8.94. The molecule has 2 N–H and O–H groups in total. The minimum absolute atomic E-state index is 0.0409. The summed E-state index contributed by atoms with van der Waals surface area (Å²) in [5, 5.41) is 0.216. The van der Waals surface area contributed by atoms with Gasteiger partial charge in [0, 0.05) is 5.69 Å². The Morgan fingerprint density at radius 1 is 0.920 bits per heavy atom. The first-order valence-corrected chi connectivity index (χ1v) is 14.8. The van der Waals surface area contributed by atoms with Crippen LogP contribution in [0.4, 0.5) is 5.69 Å². The van der Waals surface area contributed by atoms with Crippen molar-refractivity contribution in [2.45, 2.75) is 77.8 Å². The van der Waals surface area contributed by atoms with E-state index in [1.807, 2.05) is 24.3 Å². The Bertz CT molecular complexity index is 615. The summed E-state index contributed by atoms with van der Waals surface area (Å²) in [6.07, 6.45) is 0. The third-order valence-electron chi connectivity index (χ3n) is 5.70. The number of benzene rings is 1. The highest BCUT2D eigenvalue weighted by molar-refractivity contribution is 6.83. The fourth-order valence-electron chi connectivity index (χ4n) is 1.70. The zero-order valence-electron chi connectivity index (χ0n) is 17.6. The standard InChI is InChI=1S/C19H36N2O2Si2/c1-18(2,3)24(7,8)21-16-14-12-11-13-15(16)17(22)20-23-25(9,10)19(4,5)6/h11-14,21H,1-10H3,(H,20,22). The maximum Gasteiger partial charge on any atom is 0.275 e. The number of hydroxylamine groups is 1. The van der Waals surface area contributed by atoms with E-state index in [0.717, 1.165) is 5.69 Å². The Morgan fingerprint density at radius 2 is 1.44 bits per heavy atom. The molecule has 0 aromatic heterocycles. The molecule has 0 spiro atoms. The van der Waals surface area contributed by atoms with Gasteiger partial charge in [0.15, 0.2) is 8.24 Å². The van der Waals surface area contributed by atoms with Gasteiger partial charge in [0.1, 0.15) is 0 Å². The number of anilines is 1. The fraction of sp³-hybridized carbons (Fsp3) is 0.632. The van der Waals surface area contributed by atoms with E-state index < -0.39 is 16.6 Å². The molecule has 0 aliphatic rings. The zero-order valence-corrected chi connectivity index (χ0v) is 19.6. The molecule has 1 aromatic carbocycles. The molecule has 1 amide bonds. The van der Waals surface area contributed by atoms with Crippen molar-refractivity contribution in [1.82, 2.24) is 5.48 Å². The fourth-order valence-corrected chi connectivity index (χ4v) is 3.62. The van der Waals surface area contributed by atoms with E-state index in [0.29, 0.717) is 5.56 Å². The molecule has 142 valence electrons. The molecule has 0 saturated heterocycles. The summed E-state index contributed by atoms with van der Waals surface area (Å²) in [5.41, 5.74) is 4.22. The van der Waals surface area contributed by atoms with E-state index >= 15 is 0 Å². The molecule has 0 fully saturated rings. The Balaban J connectivity index is 2.99. The van der Waals surface area contributed by atoms with Gasteiger partial charge in [0.25, 0.3) is 5.91 Å². The van der Waals surface area contributed by atoms with Gasteiger partial charge in [-0.1, -0.05) is 66.8 Å². The lowest BCUT2D eigenvalue weighted by Crippen LogP contribution is -2.47. The van der Waals surface area contributed by atoms with Crippen molar-refractivity contribution in [2.24, 2.45) is 0 Å². The lowest BCUT2D eigenvalue weighted by Gasteiger charge is -2.38. The normalized spacial score (nSPS) is 13.5. The van der Waals surface area contributed by atoms with Crippen LogP contribution in [0.3, 0.4) is 0 Å². The van der Waals surface area contributed by atoms with Crippen molar-refractivity contribution in [2.75, 3.05) is 4.98 Å². The number of hydrogen-bond acceptors (Lipinski definition) is 3. The number of para-hydroxylation sites is 1. The quantitative estimate of drug-likeness (QED) is 0.503. The predicted octanol–water partition coefficient (Wildman–Crippen LogP) is 5.77. The number of nitrogens with one attached hydrogen (secondary N) is 2. The highest BCUT2D eigenvalue weighted by Crippen LogP contribution is 2.37. The molecule has 1 aromatic rings. The average Bonchev–Trinajstić information content (AvgIpc) is 2.42. The van der Waals surface area contributed by atoms with Gasteiger partial charge in [-0.05, 0) is 35.3 Å². The maximum atomic E-state index is 12.7. The first kappa shape index (κ1) is 21.9. The lowest BCUT2D eigenvalue weighted by atomic mass is 10.2. The molecule has 1 rings (SSSR count). The molecule has 25 heavy (non-hydrogen) atoms. The summed E-state index contributed by atoms with van der Waals surface area (Å²) in [7, 11) is -3.81. The van der Waals surface area contributed by atoms with E-state index in [9.17, 15) is 4.79 Å². The molecule has 0 aliphatic heterocycles. The third-order valence-corrected chi connectivity index (χ3v) is 14.6. The minimum Gasteiger partial charge on any atom is -0.409 e. The van der Waals surface area contributed by atoms with Crippen LogP contribution in [0.5, 0.6) is 0 Å². The maximum absolute atomic E-state index is 12.7. The van der Waals surface area contributed by atoms with Crippen LogP contribution in [0.2, 0.25) is 36.3 Å². The minimum atomic E-state index is -2.04. The topological polar surface area (TPSA) is 50.4 Å². The van der Waals surface area contributed by atoms with E-state index in [1.165, 1.54) is 0 Å². The summed E-state index contributed by atoms with van der Waals surface area (Å²) in [5.74, 6) is -0.188. The Hall–Kier alpha value is -1.12. The van der Waals surface area contributed by atoms with E-state index in [-0.39, 0.29) is 16.0 Å². The first-order chi connectivity index (χ1) is 11.1. The molecule has 4 nitrogen and oxygen atoms in total. The molecular weight excluding hydrogens is 344 g/mol. The van der Waals surface area contributed by atoms with Crippen molar-refractivity contribution < 1.29 is 9.32 Å². The highest BCUT2D eigenvalue weighted by Gasteiger charge is 2.39. The monoisotopic (exact) mass is 380 g/mol. The van der Waals surface area contributed by atoms with Crippen LogP contribution in [-0.4, -0.2) is 22.5 Å². The van der Waals surface area contributed by atoms with Crippen LogP contribution in [0, 0.1) is 0 Å². The summed E-state index contributed by atoms with van der Waals surface area (Å²) < 4.78 is 5.89. The van der Waals surface area contributed by atoms with Gasteiger partial charge in [-0.15, -0.1) is 0 Å². The smallest absolute Gasteiger partial charge is 0.275 e. The molecule has 0 bridgehead atoms. The largest absolute Gasteiger partial charge is 0.409 e. The number of carbonyl (C=O) groups is 1. The van der Waals surface area contributed by atoms with Crippen LogP contribution in [0.15, 0.2) is 24.3 Å². The predicted molar refractivity (Wildman–Crippen MR) is 113 cm³/mol. The van der Waals surface area contributed by atoms with E-state index in [2.05, 4.69) is 78.2 Å².